The summed E-state index contributed by atoms with van der Waals surface area (Å²) in [6.07, 6.45) is 1.42. The van der Waals surface area contributed by atoms with Gasteiger partial charge in [0.15, 0.2) is 0 Å². The molecule has 21 heavy (non-hydrogen) atoms. The summed E-state index contributed by atoms with van der Waals surface area (Å²) in [6, 6.07) is 4.11. The molecule has 1 aromatic carbocycles. The third-order valence-corrected chi connectivity index (χ3v) is 5.25. The standard InChI is InChI=1S/C15H18BrF3N2/c16-12-8-10(15(17,18)19)2-3-13(12)21-11-4-7-20-14(9-11)5-1-6-14/h2-3,8,11,20-21H,1,4-7,9H2. The average molecular weight is 363 g/mol. The van der Waals surface area contributed by atoms with Gasteiger partial charge in [-0.05, 0) is 72.8 Å². The summed E-state index contributed by atoms with van der Waals surface area (Å²) >= 11 is 3.25. The van der Waals surface area contributed by atoms with Crippen LogP contribution in [0.15, 0.2) is 22.7 Å². The summed E-state index contributed by atoms with van der Waals surface area (Å²) in [5.41, 5.74) is 0.388. The molecule has 2 N–H and O–H groups in total. The molecule has 1 heterocycles. The van der Waals surface area contributed by atoms with E-state index in [0.29, 0.717) is 10.5 Å². The maximum absolute atomic E-state index is 12.7. The van der Waals surface area contributed by atoms with Gasteiger partial charge in [0.1, 0.15) is 0 Å². The maximum Gasteiger partial charge on any atom is 0.416 e. The van der Waals surface area contributed by atoms with Crippen LogP contribution in [0.2, 0.25) is 0 Å². The van der Waals surface area contributed by atoms with E-state index in [-0.39, 0.29) is 5.54 Å². The van der Waals surface area contributed by atoms with Crippen LogP contribution in [-0.2, 0) is 6.18 Å². The van der Waals surface area contributed by atoms with E-state index in [2.05, 4.69) is 26.6 Å². The van der Waals surface area contributed by atoms with Crippen LogP contribution >= 0.6 is 15.9 Å². The molecule has 116 valence electrons. The van der Waals surface area contributed by atoms with Crippen molar-refractivity contribution in [1.29, 1.82) is 0 Å². The lowest BCUT2D eigenvalue weighted by Gasteiger charge is -2.48. The Balaban J connectivity index is 1.70. The van der Waals surface area contributed by atoms with E-state index in [1.807, 2.05) is 0 Å². The van der Waals surface area contributed by atoms with E-state index < -0.39 is 11.7 Å². The highest BCUT2D eigenvalue weighted by atomic mass is 79.9. The zero-order valence-corrected chi connectivity index (χ0v) is 13.1. The van der Waals surface area contributed by atoms with Crippen molar-refractivity contribution in [2.45, 2.75) is 49.9 Å². The Morgan fingerprint density at radius 3 is 2.62 bits per heavy atom. The van der Waals surface area contributed by atoms with Gasteiger partial charge in [0, 0.05) is 21.7 Å². The Hall–Kier alpha value is -0.750. The van der Waals surface area contributed by atoms with Crippen molar-refractivity contribution in [1.82, 2.24) is 5.32 Å². The van der Waals surface area contributed by atoms with Gasteiger partial charge in [0.05, 0.1) is 5.56 Å². The van der Waals surface area contributed by atoms with Gasteiger partial charge in [0.25, 0.3) is 0 Å². The van der Waals surface area contributed by atoms with Gasteiger partial charge in [-0.15, -0.1) is 0 Å². The molecule has 1 unspecified atom stereocenters. The highest BCUT2D eigenvalue weighted by Gasteiger charge is 2.41. The largest absolute Gasteiger partial charge is 0.416 e. The predicted molar refractivity (Wildman–Crippen MR) is 80.4 cm³/mol. The van der Waals surface area contributed by atoms with Gasteiger partial charge in [-0.2, -0.15) is 13.2 Å². The number of halogens is 4. The van der Waals surface area contributed by atoms with Crippen molar-refractivity contribution in [2.24, 2.45) is 0 Å². The first-order valence-electron chi connectivity index (χ1n) is 7.26. The highest BCUT2D eigenvalue weighted by molar-refractivity contribution is 9.10. The molecule has 1 saturated heterocycles. The number of benzene rings is 1. The van der Waals surface area contributed by atoms with E-state index in [1.165, 1.54) is 25.3 Å². The third-order valence-electron chi connectivity index (χ3n) is 4.60. The van der Waals surface area contributed by atoms with Crippen LogP contribution in [0, 0.1) is 0 Å². The summed E-state index contributed by atoms with van der Waals surface area (Å²) in [7, 11) is 0. The molecular weight excluding hydrogens is 345 g/mol. The van der Waals surface area contributed by atoms with Crippen LogP contribution in [0.1, 0.15) is 37.7 Å². The number of piperidine rings is 1. The molecule has 2 aliphatic rings. The average Bonchev–Trinajstić information content (AvgIpc) is 2.38. The number of hydrogen-bond donors (Lipinski definition) is 2. The predicted octanol–water partition coefficient (Wildman–Crippen LogP) is 4.55. The van der Waals surface area contributed by atoms with Crippen molar-refractivity contribution in [3.05, 3.63) is 28.2 Å². The fraction of sp³-hybridized carbons (Fsp3) is 0.600. The Labute approximate surface area is 130 Å². The lowest BCUT2D eigenvalue weighted by atomic mass is 9.70. The van der Waals surface area contributed by atoms with Gasteiger partial charge in [-0.3, -0.25) is 0 Å². The number of nitrogens with one attached hydrogen (secondary N) is 2. The van der Waals surface area contributed by atoms with Crippen LogP contribution in [0.4, 0.5) is 18.9 Å². The molecule has 1 aromatic rings. The summed E-state index contributed by atoms with van der Waals surface area (Å²) in [5, 5.41) is 6.99. The van der Waals surface area contributed by atoms with E-state index >= 15 is 0 Å². The van der Waals surface area contributed by atoms with E-state index in [1.54, 1.807) is 0 Å². The van der Waals surface area contributed by atoms with E-state index in [9.17, 15) is 13.2 Å². The minimum Gasteiger partial charge on any atom is -0.381 e. The molecule has 1 aliphatic carbocycles. The second-order valence-corrected chi connectivity index (χ2v) is 6.94. The molecule has 1 atom stereocenters. The Bertz CT molecular complexity index is 526. The van der Waals surface area contributed by atoms with E-state index in [4.69, 9.17) is 0 Å². The summed E-state index contributed by atoms with van der Waals surface area (Å²) in [6.45, 7) is 0.968. The van der Waals surface area contributed by atoms with E-state index in [0.717, 1.165) is 37.2 Å². The normalized spacial score (nSPS) is 24.7. The number of rotatable bonds is 2. The lowest BCUT2D eigenvalue weighted by Crippen LogP contribution is -2.58. The van der Waals surface area contributed by atoms with Gasteiger partial charge in [-0.25, -0.2) is 0 Å². The topological polar surface area (TPSA) is 24.1 Å². The molecule has 0 aromatic heterocycles. The fourth-order valence-electron chi connectivity index (χ4n) is 3.29. The third kappa shape index (κ3) is 3.21. The van der Waals surface area contributed by atoms with Gasteiger partial charge >= 0.3 is 6.18 Å². The van der Waals surface area contributed by atoms with Crippen LogP contribution < -0.4 is 10.6 Å². The second kappa shape index (κ2) is 5.47. The minimum absolute atomic E-state index is 0.272. The SMILES string of the molecule is FC(F)(F)c1ccc(NC2CCNC3(CCC3)C2)c(Br)c1. The maximum atomic E-state index is 12.7. The number of alkyl halides is 3. The highest BCUT2D eigenvalue weighted by Crippen LogP contribution is 2.40. The molecule has 0 amide bonds. The molecule has 1 spiro atoms. The fourth-order valence-corrected chi connectivity index (χ4v) is 3.79. The van der Waals surface area contributed by atoms with Crippen LogP contribution in [-0.4, -0.2) is 18.1 Å². The molecule has 1 aliphatic heterocycles. The molecule has 1 saturated carbocycles. The Morgan fingerprint density at radius 2 is 2.05 bits per heavy atom. The van der Waals surface area contributed by atoms with Crippen molar-refractivity contribution < 1.29 is 13.2 Å². The molecule has 2 nitrogen and oxygen atoms in total. The molecule has 0 radical (unpaired) electrons. The smallest absolute Gasteiger partial charge is 0.381 e. The first-order chi connectivity index (χ1) is 9.88. The molecule has 6 heteroatoms. The molecule has 0 bridgehead atoms. The second-order valence-electron chi connectivity index (χ2n) is 6.09. The van der Waals surface area contributed by atoms with Crippen molar-refractivity contribution >= 4 is 21.6 Å². The number of hydrogen-bond acceptors (Lipinski definition) is 2. The lowest BCUT2D eigenvalue weighted by molar-refractivity contribution is -0.137. The van der Waals surface area contributed by atoms with Crippen molar-refractivity contribution in [3.63, 3.8) is 0 Å². The molecule has 3 rings (SSSR count). The van der Waals surface area contributed by atoms with Crippen LogP contribution in [0.25, 0.3) is 0 Å². The molecular formula is C15H18BrF3N2. The monoisotopic (exact) mass is 362 g/mol. The van der Waals surface area contributed by atoms with Crippen LogP contribution in [0.5, 0.6) is 0 Å². The first kappa shape index (κ1) is 15.2. The van der Waals surface area contributed by atoms with Crippen molar-refractivity contribution in [2.75, 3.05) is 11.9 Å². The number of anilines is 1. The molecule has 2 fully saturated rings. The quantitative estimate of drug-likeness (QED) is 0.805. The van der Waals surface area contributed by atoms with Gasteiger partial charge in [-0.1, -0.05) is 0 Å². The Morgan fingerprint density at radius 1 is 1.29 bits per heavy atom. The minimum atomic E-state index is -4.30. The Kier molecular flexibility index (Phi) is 3.94. The summed E-state index contributed by atoms with van der Waals surface area (Å²) in [5.74, 6) is 0. The zero-order valence-electron chi connectivity index (χ0n) is 11.6. The zero-order chi connectivity index (χ0) is 15.1. The van der Waals surface area contributed by atoms with Crippen molar-refractivity contribution in [3.8, 4) is 0 Å². The van der Waals surface area contributed by atoms with Gasteiger partial charge < -0.3 is 10.6 Å². The first-order valence-corrected chi connectivity index (χ1v) is 8.06. The summed E-state index contributed by atoms with van der Waals surface area (Å²) < 4.78 is 38.5. The van der Waals surface area contributed by atoms with Crippen LogP contribution in [0.3, 0.4) is 0 Å². The van der Waals surface area contributed by atoms with Gasteiger partial charge in [0.2, 0.25) is 0 Å². The summed E-state index contributed by atoms with van der Waals surface area (Å²) in [4.78, 5) is 0.